The van der Waals surface area contributed by atoms with Crippen LogP contribution in [-0.4, -0.2) is 33.3 Å². The zero-order valence-corrected chi connectivity index (χ0v) is 17.9. The number of hydrogen-bond donors (Lipinski definition) is 2. The third kappa shape index (κ3) is 4.73. The lowest BCUT2D eigenvalue weighted by atomic mass is 10.1. The zero-order chi connectivity index (χ0) is 22.7. The molecule has 0 aromatic heterocycles. The molecular weight excluding hydrogens is 432 g/mol. The summed E-state index contributed by atoms with van der Waals surface area (Å²) in [4.78, 5) is 24.0. The van der Waals surface area contributed by atoms with Crippen molar-refractivity contribution >= 4 is 33.1 Å². The minimum Gasteiger partial charge on any atom is -0.486 e. The molecule has 8 nitrogen and oxygen atoms in total. The van der Waals surface area contributed by atoms with Crippen molar-refractivity contribution in [1.82, 2.24) is 0 Å². The second-order valence-electron chi connectivity index (χ2n) is 7.08. The van der Waals surface area contributed by atoms with E-state index in [1.54, 1.807) is 30.3 Å². The second-order valence-corrected chi connectivity index (χ2v) is 8.76. The Balaban J connectivity index is 1.46. The van der Waals surface area contributed by atoms with Crippen molar-refractivity contribution in [3.63, 3.8) is 0 Å². The smallest absolute Gasteiger partial charge is 0.262 e. The number of amides is 1. The Morgan fingerprint density at radius 3 is 2.25 bits per heavy atom. The first-order valence-corrected chi connectivity index (χ1v) is 11.2. The number of carbonyl (C=O) groups is 2. The molecular formula is C23H20N2O6S. The van der Waals surface area contributed by atoms with Crippen LogP contribution in [0.2, 0.25) is 0 Å². The Labute approximate surface area is 185 Å². The Morgan fingerprint density at radius 2 is 1.53 bits per heavy atom. The molecule has 0 bridgehead atoms. The molecule has 164 valence electrons. The van der Waals surface area contributed by atoms with Crippen molar-refractivity contribution in [2.75, 3.05) is 23.3 Å². The van der Waals surface area contributed by atoms with Gasteiger partial charge in [-0.2, -0.15) is 0 Å². The maximum Gasteiger partial charge on any atom is 0.262 e. The number of ketones is 1. The largest absolute Gasteiger partial charge is 0.486 e. The molecule has 2 N–H and O–H groups in total. The van der Waals surface area contributed by atoms with E-state index in [4.69, 9.17) is 9.47 Å². The average molecular weight is 452 g/mol. The predicted molar refractivity (Wildman–Crippen MR) is 119 cm³/mol. The van der Waals surface area contributed by atoms with Crippen molar-refractivity contribution < 1.29 is 27.5 Å². The highest BCUT2D eigenvalue weighted by atomic mass is 32.2. The molecule has 0 saturated carbocycles. The molecule has 32 heavy (non-hydrogen) atoms. The van der Waals surface area contributed by atoms with E-state index >= 15 is 0 Å². The van der Waals surface area contributed by atoms with E-state index in [0.717, 1.165) is 0 Å². The first-order chi connectivity index (χ1) is 15.3. The quantitative estimate of drug-likeness (QED) is 0.552. The number of carbonyl (C=O) groups excluding carboxylic acids is 2. The molecule has 0 spiro atoms. The number of rotatable bonds is 6. The molecule has 0 atom stereocenters. The van der Waals surface area contributed by atoms with E-state index in [2.05, 4.69) is 10.0 Å². The summed E-state index contributed by atoms with van der Waals surface area (Å²) in [5, 5.41) is 2.72. The van der Waals surface area contributed by atoms with Crippen molar-refractivity contribution in [2.45, 2.75) is 11.8 Å². The van der Waals surface area contributed by atoms with Crippen LogP contribution in [-0.2, 0) is 10.0 Å². The molecule has 3 aromatic rings. The Morgan fingerprint density at radius 1 is 0.812 bits per heavy atom. The monoisotopic (exact) mass is 452 g/mol. The molecule has 3 aromatic carbocycles. The van der Waals surface area contributed by atoms with Crippen molar-refractivity contribution in [3.05, 3.63) is 77.9 Å². The fourth-order valence-electron chi connectivity index (χ4n) is 3.11. The summed E-state index contributed by atoms with van der Waals surface area (Å²) in [7, 11) is -3.86. The minimum absolute atomic E-state index is 0.0360. The van der Waals surface area contributed by atoms with Crippen LogP contribution in [0.5, 0.6) is 11.5 Å². The fourth-order valence-corrected chi connectivity index (χ4v) is 4.19. The number of hydrogen-bond acceptors (Lipinski definition) is 6. The molecule has 0 unspecified atom stereocenters. The SMILES string of the molecule is CC(=O)c1cccc(NC(=O)c2ccc(NS(=O)(=O)c3ccc4c(c3)OCCO4)cc2)c1. The van der Waals surface area contributed by atoms with E-state index in [1.165, 1.54) is 43.3 Å². The Kier molecular flexibility index (Phi) is 5.83. The van der Waals surface area contributed by atoms with Gasteiger partial charge < -0.3 is 14.8 Å². The first-order valence-electron chi connectivity index (χ1n) is 9.77. The zero-order valence-electron chi connectivity index (χ0n) is 17.1. The maximum atomic E-state index is 12.7. The fraction of sp³-hybridized carbons (Fsp3) is 0.130. The van der Waals surface area contributed by atoms with Crippen LogP contribution < -0.4 is 19.5 Å². The summed E-state index contributed by atoms with van der Waals surface area (Å²) >= 11 is 0. The van der Waals surface area contributed by atoms with Gasteiger partial charge in [0.05, 0.1) is 4.90 Å². The van der Waals surface area contributed by atoms with Gasteiger partial charge in [-0.15, -0.1) is 0 Å². The molecule has 0 saturated heterocycles. The van der Waals surface area contributed by atoms with Crippen molar-refractivity contribution in [1.29, 1.82) is 0 Å². The number of ether oxygens (including phenoxy) is 2. The topological polar surface area (TPSA) is 111 Å². The first kappa shape index (κ1) is 21.4. The number of benzene rings is 3. The second kappa shape index (κ2) is 8.72. The standard InChI is InChI=1S/C23H20N2O6S/c1-15(26)17-3-2-4-19(13-17)24-23(27)16-5-7-18(8-6-16)25-32(28,29)20-9-10-21-22(14-20)31-12-11-30-21/h2-10,13-14,25H,11-12H2,1H3,(H,24,27). The third-order valence-electron chi connectivity index (χ3n) is 4.75. The summed E-state index contributed by atoms with van der Waals surface area (Å²) in [6.45, 7) is 2.22. The molecule has 1 heterocycles. The van der Waals surface area contributed by atoms with Crippen LogP contribution in [0, 0.1) is 0 Å². The average Bonchev–Trinajstić information content (AvgIpc) is 2.79. The summed E-state index contributed by atoms with van der Waals surface area (Å²) in [5.41, 5.74) is 1.62. The van der Waals surface area contributed by atoms with Gasteiger partial charge >= 0.3 is 0 Å². The van der Waals surface area contributed by atoms with Crippen LogP contribution in [0.25, 0.3) is 0 Å². The van der Waals surface area contributed by atoms with Gasteiger partial charge in [-0.05, 0) is 55.5 Å². The lowest BCUT2D eigenvalue weighted by molar-refractivity contribution is 0.101. The van der Waals surface area contributed by atoms with Crippen LogP contribution in [0.15, 0.2) is 71.6 Å². The van der Waals surface area contributed by atoms with Gasteiger partial charge in [0.1, 0.15) is 13.2 Å². The lowest BCUT2D eigenvalue weighted by Crippen LogP contribution is -2.17. The van der Waals surface area contributed by atoms with Gasteiger partial charge in [-0.25, -0.2) is 8.42 Å². The van der Waals surface area contributed by atoms with Crippen LogP contribution >= 0.6 is 0 Å². The summed E-state index contributed by atoms with van der Waals surface area (Å²) in [5.74, 6) is 0.391. The maximum absolute atomic E-state index is 12.7. The number of Topliss-reactive ketones (excluding diaryl/α,β-unsaturated/α-hetero) is 1. The van der Waals surface area contributed by atoms with Crippen molar-refractivity contribution in [2.24, 2.45) is 0 Å². The van der Waals surface area contributed by atoms with Crippen molar-refractivity contribution in [3.8, 4) is 11.5 Å². The number of nitrogens with one attached hydrogen (secondary N) is 2. The van der Waals surface area contributed by atoms with Crippen LogP contribution in [0.4, 0.5) is 11.4 Å². The molecule has 0 fully saturated rings. The highest BCUT2D eigenvalue weighted by molar-refractivity contribution is 7.92. The molecule has 9 heteroatoms. The van der Waals surface area contributed by atoms with Crippen LogP contribution in [0.1, 0.15) is 27.6 Å². The van der Waals surface area contributed by atoms with Gasteiger partial charge in [0.15, 0.2) is 17.3 Å². The van der Waals surface area contributed by atoms with E-state index in [1.807, 2.05) is 0 Å². The van der Waals surface area contributed by atoms with Gasteiger partial charge in [-0.1, -0.05) is 12.1 Å². The highest BCUT2D eigenvalue weighted by Crippen LogP contribution is 2.32. The minimum atomic E-state index is -3.86. The van der Waals surface area contributed by atoms with Crippen LogP contribution in [0.3, 0.4) is 0 Å². The van der Waals surface area contributed by atoms with E-state index in [-0.39, 0.29) is 16.6 Å². The molecule has 1 aliphatic heterocycles. The molecule has 0 aliphatic carbocycles. The summed E-state index contributed by atoms with van der Waals surface area (Å²) in [6.07, 6.45) is 0. The molecule has 1 aliphatic rings. The molecule has 1 amide bonds. The lowest BCUT2D eigenvalue weighted by Gasteiger charge is -2.19. The Bertz CT molecular complexity index is 1290. The normalized spacial score (nSPS) is 12.7. The Hall–Kier alpha value is -3.85. The number of anilines is 2. The van der Waals surface area contributed by atoms with Gasteiger partial charge in [0.2, 0.25) is 0 Å². The third-order valence-corrected chi connectivity index (χ3v) is 6.13. The number of fused-ring (bicyclic) bond motifs is 1. The van der Waals surface area contributed by atoms with E-state index in [0.29, 0.717) is 47.2 Å². The van der Waals surface area contributed by atoms with E-state index < -0.39 is 10.0 Å². The molecule has 4 rings (SSSR count). The summed E-state index contributed by atoms with van der Waals surface area (Å²) < 4.78 is 38.8. The van der Waals surface area contributed by atoms with Gasteiger partial charge in [0.25, 0.3) is 15.9 Å². The van der Waals surface area contributed by atoms with Gasteiger partial charge in [-0.3, -0.25) is 14.3 Å². The van der Waals surface area contributed by atoms with E-state index in [9.17, 15) is 18.0 Å². The molecule has 0 radical (unpaired) electrons. The number of sulfonamides is 1. The summed E-state index contributed by atoms with van der Waals surface area (Å²) in [6, 6.07) is 17.0. The van der Waals surface area contributed by atoms with Gasteiger partial charge in [0, 0.05) is 28.6 Å². The highest BCUT2D eigenvalue weighted by Gasteiger charge is 2.19. The predicted octanol–water partition coefficient (Wildman–Crippen LogP) is 3.71.